The average Bonchev–Trinajstić information content (AvgIpc) is 2.61. The third kappa shape index (κ3) is 6.13. The highest BCUT2D eigenvalue weighted by Crippen LogP contribution is 2.21. The highest BCUT2D eigenvalue weighted by atomic mass is 35.5. The Bertz CT molecular complexity index is 762. The third-order valence-electron chi connectivity index (χ3n) is 3.23. The predicted molar refractivity (Wildman–Crippen MR) is 99.4 cm³/mol. The Morgan fingerprint density at radius 1 is 0.885 bits per heavy atom. The van der Waals surface area contributed by atoms with Crippen molar-refractivity contribution in [3.05, 3.63) is 58.6 Å². The van der Waals surface area contributed by atoms with Gasteiger partial charge in [0.1, 0.15) is 11.5 Å². The number of hydrogen-bond acceptors (Lipinski definition) is 4. The summed E-state index contributed by atoms with van der Waals surface area (Å²) in [5, 5.41) is 1.13. The van der Waals surface area contributed by atoms with Crippen molar-refractivity contribution in [2.45, 2.75) is 19.4 Å². The summed E-state index contributed by atoms with van der Waals surface area (Å²) in [6, 6.07) is 13.2. The molecule has 0 aliphatic rings. The molecule has 8 heteroatoms. The van der Waals surface area contributed by atoms with Gasteiger partial charge in [-0.15, -0.1) is 0 Å². The minimum absolute atomic E-state index is 0.264. The molecule has 0 fully saturated rings. The second-order valence-corrected chi connectivity index (χ2v) is 6.68. The molecule has 0 radical (unpaired) electrons. The summed E-state index contributed by atoms with van der Waals surface area (Å²) in [4.78, 5) is 24.0. The van der Waals surface area contributed by atoms with Gasteiger partial charge in [-0.25, -0.2) is 0 Å². The van der Waals surface area contributed by atoms with Gasteiger partial charge in [0.05, 0.1) is 0 Å². The van der Waals surface area contributed by atoms with Gasteiger partial charge in [-0.05, 0) is 62.4 Å². The largest absolute Gasteiger partial charge is 0.484 e. The molecule has 138 valence electrons. The average molecular weight is 397 g/mol. The number of ether oxygens (including phenoxy) is 2. The minimum atomic E-state index is -1.21. The van der Waals surface area contributed by atoms with E-state index in [1.165, 1.54) is 0 Å². The van der Waals surface area contributed by atoms with E-state index >= 15 is 0 Å². The Morgan fingerprint density at radius 3 is 1.92 bits per heavy atom. The molecule has 2 rings (SSSR count). The summed E-state index contributed by atoms with van der Waals surface area (Å²) in [6.07, 6.45) is 0. The molecule has 0 saturated heterocycles. The van der Waals surface area contributed by atoms with Crippen LogP contribution in [0.25, 0.3) is 0 Å². The Hall–Kier alpha value is -2.44. The van der Waals surface area contributed by atoms with E-state index in [1.807, 2.05) is 0 Å². The molecule has 2 aromatic carbocycles. The van der Waals surface area contributed by atoms with Crippen molar-refractivity contribution in [2.24, 2.45) is 0 Å². The fourth-order valence-electron chi connectivity index (χ4n) is 1.84. The lowest BCUT2D eigenvalue weighted by atomic mass is 10.1. The van der Waals surface area contributed by atoms with E-state index in [0.29, 0.717) is 21.5 Å². The Labute approximate surface area is 161 Å². The topological polar surface area (TPSA) is 76.7 Å². The van der Waals surface area contributed by atoms with Crippen molar-refractivity contribution in [2.75, 3.05) is 6.61 Å². The molecule has 0 aromatic heterocycles. The zero-order chi connectivity index (χ0) is 19.2. The van der Waals surface area contributed by atoms with Gasteiger partial charge in [-0.3, -0.25) is 20.4 Å². The molecule has 2 amide bonds. The molecule has 0 unspecified atom stereocenters. The molecule has 2 aromatic rings. The van der Waals surface area contributed by atoms with Gasteiger partial charge < -0.3 is 9.47 Å². The van der Waals surface area contributed by atoms with E-state index < -0.39 is 17.4 Å². The van der Waals surface area contributed by atoms with Gasteiger partial charge in [-0.1, -0.05) is 23.2 Å². The van der Waals surface area contributed by atoms with Crippen LogP contribution in [0.5, 0.6) is 11.5 Å². The normalized spacial score (nSPS) is 10.8. The first-order valence-electron chi connectivity index (χ1n) is 7.68. The summed E-state index contributed by atoms with van der Waals surface area (Å²) >= 11 is 11.6. The lowest BCUT2D eigenvalue weighted by Gasteiger charge is -2.25. The fourth-order valence-corrected chi connectivity index (χ4v) is 2.09. The highest BCUT2D eigenvalue weighted by Gasteiger charge is 2.30. The van der Waals surface area contributed by atoms with E-state index in [-0.39, 0.29) is 6.61 Å². The monoisotopic (exact) mass is 396 g/mol. The minimum Gasteiger partial charge on any atom is -0.484 e. The lowest BCUT2D eigenvalue weighted by molar-refractivity contribution is -0.138. The van der Waals surface area contributed by atoms with Crippen LogP contribution in [-0.2, 0) is 9.59 Å². The second-order valence-electron chi connectivity index (χ2n) is 5.81. The Kier molecular flexibility index (Phi) is 6.71. The summed E-state index contributed by atoms with van der Waals surface area (Å²) in [5.41, 5.74) is 3.37. The molecule has 0 saturated carbocycles. The van der Waals surface area contributed by atoms with Crippen molar-refractivity contribution >= 4 is 35.0 Å². The molecule has 0 aliphatic carbocycles. The first-order valence-corrected chi connectivity index (χ1v) is 8.44. The van der Waals surface area contributed by atoms with Crippen LogP contribution < -0.4 is 20.3 Å². The first kappa shape index (κ1) is 19.9. The SMILES string of the molecule is CC(C)(Oc1ccc(Cl)cc1)C(=O)NNC(=O)COc1ccc(Cl)cc1. The van der Waals surface area contributed by atoms with Crippen LogP contribution in [0.2, 0.25) is 10.0 Å². The van der Waals surface area contributed by atoms with E-state index in [1.54, 1.807) is 62.4 Å². The summed E-state index contributed by atoms with van der Waals surface area (Å²) < 4.78 is 10.9. The number of nitrogens with one attached hydrogen (secondary N) is 2. The molecule has 2 N–H and O–H groups in total. The maximum atomic E-state index is 12.2. The number of amides is 2. The van der Waals surface area contributed by atoms with Crippen LogP contribution in [0.4, 0.5) is 0 Å². The number of benzene rings is 2. The van der Waals surface area contributed by atoms with Crippen LogP contribution in [0.1, 0.15) is 13.8 Å². The lowest BCUT2D eigenvalue weighted by Crippen LogP contribution is -2.53. The molecule has 0 atom stereocenters. The van der Waals surface area contributed by atoms with Crippen LogP contribution in [0.3, 0.4) is 0 Å². The van der Waals surface area contributed by atoms with Crippen molar-refractivity contribution < 1.29 is 19.1 Å². The van der Waals surface area contributed by atoms with Crippen LogP contribution in [-0.4, -0.2) is 24.0 Å². The highest BCUT2D eigenvalue weighted by molar-refractivity contribution is 6.30. The van der Waals surface area contributed by atoms with E-state index in [9.17, 15) is 9.59 Å². The summed E-state index contributed by atoms with van der Waals surface area (Å²) in [7, 11) is 0. The number of halogens is 2. The number of hydrazine groups is 1. The standard InChI is InChI=1S/C18H18Cl2N2O4/c1-18(2,26-15-9-5-13(20)6-10-15)17(24)22-21-16(23)11-25-14-7-3-12(19)4-8-14/h3-10H,11H2,1-2H3,(H,21,23)(H,22,24). The number of carbonyl (C=O) groups is 2. The predicted octanol–water partition coefficient (Wildman–Crippen LogP) is 3.38. The van der Waals surface area contributed by atoms with Gasteiger partial charge in [0.2, 0.25) is 0 Å². The molecule has 26 heavy (non-hydrogen) atoms. The first-order chi connectivity index (χ1) is 12.3. The fraction of sp³-hybridized carbons (Fsp3) is 0.222. The van der Waals surface area contributed by atoms with Crippen molar-refractivity contribution in [3.63, 3.8) is 0 Å². The zero-order valence-corrected chi connectivity index (χ0v) is 15.7. The molecule has 0 bridgehead atoms. The summed E-state index contributed by atoms with van der Waals surface area (Å²) in [6.45, 7) is 2.89. The van der Waals surface area contributed by atoms with Gasteiger partial charge in [0, 0.05) is 10.0 Å². The molecule has 0 heterocycles. The molecular formula is C18H18Cl2N2O4. The van der Waals surface area contributed by atoms with E-state index in [2.05, 4.69) is 10.9 Å². The molecular weight excluding hydrogens is 379 g/mol. The molecule has 0 aliphatic heterocycles. The molecule has 6 nitrogen and oxygen atoms in total. The Balaban J connectivity index is 1.79. The second kappa shape index (κ2) is 8.78. The maximum Gasteiger partial charge on any atom is 0.281 e. The third-order valence-corrected chi connectivity index (χ3v) is 3.74. The van der Waals surface area contributed by atoms with Gasteiger partial charge in [0.25, 0.3) is 11.8 Å². The number of rotatable bonds is 6. The summed E-state index contributed by atoms with van der Waals surface area (Å²) in [5.74, 6) is -0.0721. The van der Waals surface area contributed by atoms with Gasteiger partial charge >= 0.3 is 0 Å². The van der Waals surface area contributed by atoms with Gasteiger partial charge in [-0.2, -0.15) is 0 Å². The smallest absolute Gasteiger partial charge is 0.281 e. The Morgan fingerprint density at radius 2 is 1.38 bits per heavy atom. The maximum absolute atomic E-state index is 12.2. The van der Waals surface area contributed by atoms with Crippen molar-refractivity contribution in [1.82, 2.24) is 10.9 Å². The molecule has 0 spiro atoms. The van der Waals surface area contributed by atoms with E-state index in [0.717, 1.165) is 0 Å². The zero-order valence-electron chi connectivity index (χ0n) is 14.2. The number of carbonyl (C=O) groups excluding carboxylic acids is 2. The van der Waals surface area contributed by atoms with Crippen LogP contribution in [0, 0.1) is 0 Å². The van der Waals surface area contributed by atoms with Crippen LogP contribution >= 0.6 is 23.2 Å². The number of hydrogen-bond donors (Lipinski definition) is 2. The van der Waals surface area contributed by atoms with Crippen molar-refractivity contribution in [1.29, 1.82) is 0 Å². The van der Waals surface area contributed by atoms with Crippen LogP contribution in [0.15, 0.2) is 48.5 Å². The van der Waals surface area contributed by atoms with Crippen molar-refractivity contribution in [3.8, 4) is 11.5 Å². The van der Waals surface area contributed by atoms with Gasteiger partial charge in [0.15, 0.2) is 12.2 Å². The van der Waals surface area contributed by atoms with E-state index in [4.69, 9.17) is 32.7 Å². The quantitative estimate of drug-likeness (QED) is 0.733.